The highest BCUT2D eigenvalue weighted by atomic mass is 32.1. The molecule has 3 aromatic carbocycles. The van der Waals surface area contributed by atoms with Gasteiger partial charge >= 0.3 is 5.97 Å². The number of thiazole rings is 1. The molecule has 7 heteroatoms. The van der Waals surface area contributed by atoms with Crippen LogP contribution in [0.15, 0.2) is 84.2 Å². The van der Waals surface area contributed by atoms with E-state index in [1.807, 2.05) is 66.7 Å². The molecule has 152 valence electrons. The molecule has 6 nitrogen and oxygen atoms in total. The van der Waals surface area contributed by atoms with Crippen LogP contribution in [0.1, 0.15) is 16.1 Å². The second-order valence-electron chi connectivity index (χ2n) is 7.02. The quantitative estimate of drug-likeness (QED) is 0.377. The van der Waals surface area contributed by atoms with Crippen LogP contribution in [0.25, 0.3) is 27.3 Å². The van der Waals surface area contributed by atoms with Crippen molar-refractivity contribution in [1.29, 1.82) is 0 Å². The Balaban J connectivity index is 1.60. The van der Waals surface area contributed by atoms with Crippen molar-refractivity contribution in [2.45, 2.75) is 6.54 Å². The summed E-state index contributed by atoms with van der Waals surface area (Å²) in [7, 11) is 0. The molecule has 0 aliphatic rings. The van der Waals surface area contributed by atoms with E-state index in [2.05, 4.69) is 22.4 Å². The molecule has 0 radical (unpaired) electrons. The number of benzene rings is 3. The van der Waals surface area contributed by atoms with Crippen LogP contribution in [0, 0.1) is 0 Å². The lowest BCUT2D eigenvalue weighted by molar-refractivity contribution is 0.0691. The normalized spacial score (nSPS) is 11.0. The molecule has 0 aliphatic heterocycles. The largest absolute Gasteiger partial charge is 0.476 e. The zero-order chi connectivity index (χ0) is 21.2. The molecule has 0 amide bonds. The monoisotopic (exact) mass is 426 g/mol. The molecule has 2 heterocycles. The average Bonchev–Trinajstić information content (AvgIpc) is 3.44. The van der Waals surface area contributed by atoms with Gasteiger partial charge in [0.1, 0.15) is 5.69 Å². The van der Waals surface area contributed by atoms with E-state index >= 15 is 0 Å². The minimum absolute atomic E-state index is 0.0169. The van der Waals surface area contributed by atoms with Gasteiger partial charge in [0.05, 0.1) is 5.52 Å². The van der Waals surface area contributed by atoms with Crippen LogP contribution in [-0.2, 0) is 6.54 Å². The Kier molecular flexibility index (Phi) is 4.93. The third-order valence-electron chi connectivity index (χ3n) is 4.96. The summed E-state index contributed by atoms with van der Waals surface area (Å²) in [6, 6.07) is 26.2. The Bertz CT molecular complexity index is 1360. The maximum Gasteiger partial charge on any atom is 0.355 e. The van der Waals surface area contributed by atoms with E-state index in [1.165, 1.54) is 22.3 Å². The summed E-state index contributed by atoms with van der Waals surface area (Å²) in [5.74, 6) is -1.05. The van der Waals surface area contributed by atoms with Crippen molar-refractivity contribution in [3.63, 3.8) is 0 Å². The number of carboxylic acid groups (broad SMARTS) is 1. The molecule has 0 atom stereocenters. The minimum atomic E-state index is -1.05. The van der Waals surface area contributed by atoms with Gasteiger partial charge in [-0.2, -0.15) is 5.10 Å². The van der Waals surface area contributed by atoms with E-state index in [0.717, 1.165) is 27.8 Å². The van der Waals surface area contributed by atoms with Gasteiger partial charge in [-0.3, -0.25) is 0 Å². The van der Waals surface area contributed by atoms with Crippen molar-refractivity contribution >= 4 is 33.9 Å². The van der Waals surface area contributed by atoms with E-state index in [1.54, 1.807) is 4.68 Å². The maximum atomic E-state index is 11.3. The summed E-state index contributed by atoms with van der Waals surface area (Å²) < 4.78 is 1.72. The summed E-state index contributed by atoms with van der Waals surface area (Å²) in [5.41, 5.74) is 4.84. The van der Waals surface area contributed by atoms with Gasteiger partial charge in [0.15, 0.2) is 5.69 Å². The number of nitrogens with zero attached hydrogens (tertiary/aromatic N) is 3. The molecular weight excluding hydrogens is 408 g/mol. The second kappa shape index (κ2) is 8.04. The van der Waals surface area contributed by atoms with E-state index in [-0.39, 0.29) is 5.69 Å². The van der Waals surface area contributed by atoms with Gasteiger partial charge in [-0.05, 0) is 23.8 Å². The first-order chi connectivity index (χ1) is 15.2. The van der Waals surface area contributed by atoms with Gasteiger partial charge in [-0.15, -0.1) is 11.3 Å². The molecule has 2 N–H and O–H groups in total. The Morgan fingerprint density at radius 2 is 1.74 bits per heavy atom. The van der Waals surface area contributed by atoms with Crippen molar-refractivity contribution < 1.29 is 9.90 Å². The van der Waals surface area contributed by atoms with Gasteiger partial charge in [-0.25, -0.2) is 14.5 Å². The Hall–Kier alpha value is -3.97. The molecule has 31 heavy (non-hydrogen) atoms. The predicted octanol–water partition coefficient (Wildman–Crippen LogP) is 5.46. The first kappa shape index (κ1) is 19.0. The number of nitrogens with one attached hydrogen (secondary N) is 1. The fraction of sp³-hybridized carbons (Fsp3) is 0.0417. The van der Waals surface area contributed by atoms with Crippen LogP contribution in [-0.4, -0.2) is 25.8 Å². The van der Waals surface area contributed by atoms with Gasteiger partial charge in [0, 0.05) is 28.6 Å². The third-order valence-corrected chi connectivity index (χ3v) is 5.78. The Morgan fingerprint density at radius 1 is 1.00 bits per heavy atom. The number of hydrogen-bond acceptors (Lipinski definition) is 5. The second-order valence-corrected chi connectivity index (χ2v) is 7.85. The summed E-state index contributed by atoms with van der Waals surface area (Å²) in [6.45, 7) is 0.701. The van der Waals surface area contributed by atoms with Gasteiger partial charge in [0.25, 0.3) is 0 Å². The maximum absolute atomic E-state index is 11.3. The smallest absolute Gasteiger partial charge is 0.355 e. The first-order valence-corrected chi connectivity index (χ1v) is 10.6. The highest BCUT2D eigenvalue weighted by Crippen LogP contribution is 2.32. The van der Waals surface area contributed by atoms with Crippen LogP contribution < -0.4 is 5.32 Å². The third kappa shape index (κ3) is 3.78. The zero-order valence-electron chi connectivity index (χ0n) is 16.4. The lowest BCUT2D eigenvalue weighted by Gasteiger charge is -2.07. The van der Waals surface area contributed by atoms with Gasteiger partial charge in [-0.1, -0.05) is 60.7 Å². The van der Waals surface area contributed by atoms with Crippen LogP contribution in [0.3, 0.4) is 0 Å². The van der Waals surface area contributed by atoms with Gasteiger partial charge in [0.2, 0.25) is 5.13 Å². The lowest BCUT2D eigenvalue weighted by Crippen LogP contribution is -2.01. The topological polar surface area (TPSA) is 80.0 Å². The summed E-state index contributed by atoms with van der Waals surface area (Å²) in [4.78, 5) is 15.6. The number of anilines is 1. The van der Waals surface area contributed by atoms with Gasteiger partial charge < -0.3 is 10.4 Å². The van der Waals surface area contributed by atoms with Crippen LogP contribution >= 0.6 is 11.3 Å². The Morgan fingerprint density at radius 3 is 2.45 bits per heavy atom. The molecule has 0 spiro atoms. The summed E-state index contributed by atoms with van der Waals surface area (Å²) >= 11 is 1.26. The molecular formula is C24H18N4O2S. The number of carboxylic acids is 1. The number of hydrogen-bond donors (Lipinski definition) is 2. The van der Waals surface area contributed by atoms with Crippen molar-refractivity contribution in [2.75, 3.05) is 5.32 Å². The van der Waals surface area contributed by atoms with E-state index in [9.17, 15) is 9.90 Å². The zero-order valence-corrected chi connectivity index (χ0v) is 17.2. The number of rotatable bonds is 6. The number of fused-ring (bicyclic) bond motifs is 1. The highest BCUT2D eigenvalue weighted by Gasteiger charge is 2.17. The van der Waals surface area contributed by atoms with E-state index in [4.69, 9.17) is 5.10 Å². The molecule has 0 saturated heterocycles. The molecule has 0 saturated carbocycles. The van der Waals surface area contributed by atoms with Crippen molar-refractivity contribution in [1.82, 2.24) is 14.8 Å². The summed E-state index contributed by atoms with van der Waals surface area (Å²) in [6.07, 6.45) is 0. The fourth-order valence-electron chi connectivity index (χ4n) is 3.44. The molecule has 0 fully saturated rings. The highest BCUT2D eigenvalue weighted by molar-refractivity contribution is 7.12. The number of carbonyl (C=O) groups is 1. The number of aromatic nitrogens is 3. The van der Waals surface area contributed by atoms with Crippen LogP contribution in [0.4, 0.5) is 5.69 Å². The molecule has 5 aromatic rings. The average molecular weight is 427 g/mol. The Labute approximate surface area is 182 Å². The molecule has 0 bridgehead atoms. The molecule has 0 unspecified atom stereocenters. The SMILES string of the molecule is O=C(O)c1csc(-n2nc(-c3ccccc3)c3ccc(NCc4ccccc4)cc32)n1. The van der Waals surface area contributed by atoms with Crippen molar-refractivity contribution in [3.8, 4) is 16.4 Å². The van der Waals surface area contributed by atoms with E-state index < -0.39 is 5.97 Å². The van der Waals surface area contributed by atoms with Crippen LogP contribution in [0.5, 0.6) is 0 Å². The first-order valence-electron chi connectivity index (χ1n) is 9.74. The lowest BCUT2D eigenvalue weighted by atomic mass is 10.1. The van der Waals surface area contributed by atoms with Crippen molar-refractivity contribution in [3.05, 3.63) is 95.5 Å². The molecule has 0 aliphatic carbocycles. The summed E-state index contributed by atoms with van der Waals surface area (Å²) in [5, 5.41) is 20.6. The van der Waals surface area contributed by atoms with Crippen molar-refractivity contribution in [2.24, 2.45) is 0 Å². The molecule has 5 rings (SSSR count). The van der Waals surface area contributed by atoms with Crippen LogP contribution in [0.2, 0.25) is 0 Å². The standard InChI is InChI=1S/C24H18N4O2S/c29-23(30)20-15-31-24(26-20)28-21-13-18(25-14-16-7-3-1-4-8-16)11-12-19(21)22(27-28)17-9-5-2-6-10-17/h1-13,15,25H,14H2,(H,29,30). The minimum Gasteiger partial charge on any atom is -0.476 e. The number of aromatic carboxylic acids is 1. The fourth-order valence-corrected chi connectivity index (χ4v) is 4.20. The predicted molar refractivity (Wildman–Crippen MR) is 123 cm³/mol. The van der Waals surface area contributed by atoms with E-state index in [0.29, 0.717) is 11.7 Å². The molecule has 2 aromatic heterocycles.